The molecule has 13 nitrogen and oxygen atoms in total. The standard InChI is InChI=1S/C45H51N9O4/c1-28-22-33-38(49(3)44(28)57)24-32(25-39(33)53-21-20-48(2)34-9-8-30(26-46)23-40(34)53)31-14-16-51(17-15-31)27-29-12-18-52(19-13-29)35-6-5-7-36-42(35)50(4)45(58)54(36)37-10-11-41(55)47-43(37)56/h5-9,22-25,29,31,37H,10-21,27H2,1-4H3,(H,47,55,56). The Hall–Kier alpha value is -5.87. The van der Waals surface area contributed by atoms with Crippen molar-refractivity contribution in [2.24, 2.45) is 20.0 Å². The number of carbonyl (C=O) groups is 2. The molecule has 4 aliphatic heterocycles. The topological polar surface area (TPSA) is 132 Å². The average molecular weight is 782 g/mol. The number of likely N-dealkylation sites (tertiary alicyclic amines) is 1. The van der Waals surface area contributed by atoms with Crippen molar-refractivity contribution in [2.75, 3.05) is 67.6 Å². The van der Waals surface area contributed by atoms with Crippen LogP contribution < -0.4 is 31.3 Å². The molecule has 300 valence electrons. The van der Waals surface area contributed by atoms with E-state index >= 15 is 0 Å². The molecular weight excluding hydrogens is 731 g/mol. The lowest BCUT2D eigenvalue weighted by Gasteiger charge is -2.39. The number of hydrogen-bond donors (Lipinski definition) is 1. The number of anilines is 4. The second-order valence-electron chi connectivity index (χ2n) is 16.9. The molecule has 4 aliphatic rings. The van der Waals surface area contributed by atoms with Gasteiger partial charge in [-0.1, -0.05) is 6.07 Å². The van der Waals surface area contributed by atoms with Gasteiger partial charge in [-0.2, -0.15) is 5.26 Å². The molecule has 2 amide bonds. The van der Waals surface area contributed by atoms with E-state index in [1.807, 2.05) is 50.4 Å². The third-order valence-electron chi connectivity index (χ3n) is 13.4. The number of rotatable bonds is 6. The summed E-state index contributed by atoms with van der Waals surface area (Å²) in [6, 6.07) is 20.1. The van der Waals surface area contributed by atoms with Crippen molar-refractivity contribution in [1.82, 2.24) is 23.9 Å². The van der Waals surface area contributed by atoms with E-state index in [4.69, 9.17) is 0 Å². The minimum atomic E-state index is -0.701. The number of imidazole rings is 1. The summed E-state index contributed by atoms with van der Waals surface area (Å²) in [5.41, 5.74) is 9.10. The number of piperidine rings is 3. The minimum absolute atomic E-state index is 0.0216. The molecule has 1 atom stereocenters. The fourth-order valence-electron chi connectivity index (χ4n) is 10.1. The molecule has 3 saturated heterocycles. The number of benzene rings is 3. The number of nitriles is 1. The summed E-state index contributed by atoms with van der Waals surface area (Å²) in [5, 5.41) is 13.2. The van der Waals surface area contributed by atoms with Crippen LogP contribution in [0.2, 0.25) is 0 Å². The number of nitrogens with zero attached hydrogens (tertiary/aromatic N) is 8. The van der Waals surface area contributed by atoms with Crippen LogP contribution in [0, 0.1) is 24.2 Å². The Balaban J connectivity index is 0.900. The summed E-state index contributed by atoms with van der Waals surface area (Å²) in [6.45, 7) is 8.39. The van der Waals surface area contributed by atoms with Gasteiger partial charge in [-0.25, -0.2) is 4.79 Å². The quantitative estimate of drug-likeness (QED) is 0.236. The molecule has 13 heteroatoms. The lowest BCUT2D eigenvalue weighted by Crippen LogP contribution is -2.44. The fourth-order valence-corrected chi connectivity index (χ4v) is 10.1. The third-order valence-corrected chi connectivity index (χ3v) is 13.4. The van der Waals surface area contributed by atoms with Crippen LogP contribution in [0.25, 0.3) is 21.9 Å². The van der Waals surface area contributed by atoms with Gasteiger partial charge in [-0.15, -0.1) is 0 Å². The van der Waals surface area contributed by atoms with E-state index in [9.17, 15) is 24.4 Å². The summed E-state index contributed by atoms with van der Waals surface area (Å²) in [7, 11) is 5.74. The second kappa shape index (κ2) is 14.8. The summed E-state index contributed by atoms with van der Waals surface area (Å²) in [5.74, 6) is 0.230. The molecule has 2 aromatic heterocycles. The lowest BCUT2D eigenvalue weighted by atomic mass is 9.87. The first-order valence-electron chi connectivity index (χ1n) is 20.7. The summed E-state index contributed by atoms with van der Waals surface area (Å²) in [4.78, 5) is 60.9. The van der Waals surface area contributed by atoms with Crippen molar-refractivity contribution in [3.63, 3.8) is 0 Å². The normalized spacial score (nSPS) is 19.8. The minimum Gasteiger partial charge on any atom is -0.371 e. The van der Waals surface area contributed by atoms with E-state index in [1.165, 1.54) is 5.56 Å². The van der Waals surface area contributed by atoms with Crippen LogP contribution in [-0.2, 0) is 23.7 Å². The van der Waals surface area contributed by atoms with Gasteiger partial charge in [0.15, 0.2) is 0 Å². The van der Waals surface area contributed by atoms with E-state index in [0.717, 1.165) is 122 Å². The van der Waals surface area contributed by atoms with Crippen molar-refractivity contribution in [2.45, 2.75) is 57.4 Å². The van der Waals surface area contributed by atoms with Crippen molar-refractivity contribution < 1.29 is 9.59 Å². The number of nitrogens with one attached hydrogen (secondary N) is 1. The van der Waals surface area contributed by atoms with Gasteiger partial charge < -0.3 is 24.2 Å². The summed E-state index contributed by atoms with van der Waals surface area (Å²) < 4.78 is 5.02. The molecule has 0 aliphatic carbocycles. The monoisotopic (exact) mass is 781 g/mol. The average Bonchev–Trinajstić information content (AvgIpc) is 3.49. The Morgan fingerprint density at radius 1 is 0.759 bits per heavy atom. The number of likely N-dealkylation sites (N-methyl/N-ethyl adjacent to an activating group) is 1. The number of aryl methyl sites for hydroxylation is 3. The van der Waals surface area contributed by atoms with Crippen LogP contribution >= 0.6 is 0 Å². The lowest BCUT2D eigenvalue weighted by molar-refractivity contribution is -0.135. The van der Waals surface area contributed by atoms with Gasteiger partial charge in [-0.3, -0.25) is 28.8 Å². The van der Waals surface area contributed by atoms with Gasteiger partial charge in [0.2, 0.25) is 11.8 Å². The van der Waals surface area contributed by atoms with Gasteiger partial charge in [-0.05, 0) is 118 Å². The van der Waals surface area contributed by atoms with Crippen LogP contribution in [-0.4, -0.2) is 83.3 Å². The van der Waals surface area contributed by atoms with E-state index < -0.39 is 11.9 Å². The molecule has 1 N–H and O–H groups in total. The maximum absolute atomic E-state index is 13.5. The van der Waals surface area contributed by atoms with Crippen molar-refractivity contribution in [3.8, 4) is 6.07 Å². The Morgan fingerprint density at radius 3 is 2.28 bits per heavy atom. The highest BCUT2D eigenvalue weighted by Gasteiger charge is 2.33. The molecule has 0 bridgehead atoms. The van der Waals surface area contributed by atoms with Gasteiger partial charge in [0.1, 0.15) is 6.04 Å². The molecular formula is C45H51N9O4. The SMILES string of the molecule is Cc1cc2c(N3CCN(C)c4ccc(C#N)cc43)cc(C3CCN(CC4CCN(c5cccc6c5n(C)c(=O)n6C5CCC(=O)NC5=O)CC4)CC3)cc2n(C)c1=O. The zero-order valence-corrected chi connectivity index (χ0v) is 33.8. The molecule has 0 saturated carbocycles. The zero-order chi connectivity index (χ0) is 40.4. The molecule has 3 aromatic carbocycles. The molecule has 5 aromatic rings. The Labute approximate surface area is 337 Å². The molecule has 3 fully saturated rings. The van der Waals surface area contributed by atoms with Crippen LogP contribution in [0.3, 0.4) is 0 Å². The number of hydrogen-bond acceptors (Lipinski definition) is 9. The number of fused-ring (bicyclic) bond motifs is 3. The van der Waals surface area contributed by atoms with Crippen LogP contribution in [0.15, 0.2) is 64.2 Å². The van der Waals surface area contributed by atoms with E-state index in [0.29, 0.717) is 23.8 Å². The predicted molar refractivity (Wildman–Crippen MR) is 227 cm³/mol. The number of imide groups is 1. The molecule has 0 spiro atoms. The number of carbonyl (C=O) groups excluding carboxylic acids is 2. The third kappa shape index (κ3) is 6.43. The highest BCUT2D eigenvalue weighted by Crippen LogP contribution is 2.43. The van der Waals surface area contributed by atoms with Crippen LogP contribution in [0.4, 0.5) is 22.7 Å². The first-order valence-corrected chi connectivity index (χ1v) is 20.7. The van der Waals surface area contributed by atoms with Gasteiger partial charge >= 0.3 is 5.69 Å². The number of para-hydroxylation sites is 1. The van der Waals surface area contributed by atoms with Crippen molar-refractivity contribution >= 4 is 56.5 Å². The predicted octanol–water partition coefficient (Wildman–Crippen LogP) is 5.03. The van der Waals surface area contributed by atoms with Crippen molar-refractivity contribution in [1.29, 1.82) is 5.26 Å². The van der Waals surface area contributed by atoms with E-state index in [1.54, 1.807) is 20.7 Å². The zero-order valence-electron chi connectivity index (χ0n) is 33.8. The van der Waals surface area contributed by atoms with Gasteiger partial charge in [0.25, 0.3) is 5.56 Å². The summed E-state index contributed by atoms with van der Waals surface area (Å²) in [6.07, 6.45) is 4.73. The van der Waals surface area contributed by atoms with Crippen LogP contribution in [0.1, 0.15) is 67.2 Å². The number of pyridine rings is 1. The first kappa shape index (κ1) is 37.7. The molecule has 0 radical (unpaired) electrons. The Morgan fingerprint density at radius 2 is 1.53 bits per heavy atom. The molecule has 1 unspecified atom stereocenters. The van der Waals surface area contributed by atoms with Gasteiger partial charge in [0.05, 0.1) is 50.9 Å². The maximum atomic E-state index is 13.5. The van der Waals surface area contributed by atoms with E-state index in [2.05, 4.69) is 56.2 Å². The highest BCUT2D eigenvalue weighted by atomic mass is 16.2. The maximum Gasteiger partial charge on any atom is 0.329 e. The van der Waals surface area contributed by atoms with Crippen molar-refractivity contribution in [3.05, 3.63) is 92.1 Å². The van der Waals surface area contributed by atoms with Gasteiger partial charge in [0, 0.05) is 71.2 Å². The second-order valence-corrected chi connectivity index (χ2v) is 16.9. The summed E-state index contributed by atoms with van der Waals surface area (Å²) >= 11 is 0. The molecule has 6 heterocycles. The Bertz CT molecular complexity index is 2640. The Kier molecular flexibility index (Phi) is 9.63. The van der Waals surface area contributed by atoms with E-state index in [-0.39, 0.29) is 23.6 Å². The molecule has 9 rings (SSSR count). The molecule has 58 heavy (non-hydrogen) atoms. The highest BCUT2D eigenvalue weighted by molar-refractivity contribution is 6.01. The number of amides is 2. The fraction of sp³-hybridized carbons (Fsp3) is 0.444. The first-order chi connectivity index (χ1) is 28.0. The number of aromatic nitrogens is 3. The largest absolute Gasteiger partial charge is 0.371 e. The smallest absolute Gasteiger partial charge is 0.329 e. The van der Waals surface area contributed by atoms with Crippen LogP contribution in [0.5, 0.6) is 0 Å².